The van der Waals surface area contributed by atoms with Gasteiger partial charge in [-0.1, -0.05) is 43.0 Å². The van der Waals surface area contributed by atoms with Gasteiger partial charge in [-0.3, -0.25) is 10.2 Å². The second-order valence-electron chi connectivity index (χ2n) is 6.19. The fourth-order valence-electron chi connectivity index (χ4n) is 3.24. The van der Waals surface area contributed by atoms with E-state index in [9.17, 15) is 4.79 Å². The van der Waals surface area contributed by atoms with E-state index in [0.29, 0.717) is 5.57 Å². The normalized spacial score (nSPS) is 19.8. The maximum Gasteiger partial charge on any atom is 0.188 e. The van der Waals surface area contributed by atoms with Crippen LogP contribution in [0.3, 0.4) is 0 Å². The first-order chi connectivity index (χ1) is 12.1. The molecule has 0 spiro atoms. The Hall–Kier alpha value is -2.53. The maximum atomic E-state index is 12.7. The second kappa shape index (κ2) is 6.08. The Morgan fingerprint density at radius 1 is 1.12 bits per heavy atom. The van der Waals surface area contributed by atoms with Gasteiger partial charge in [0.05, 0.1) is 22.8 Å². The van der Waals surface area contributed by atoms with E-state index in [2.05, 4.69) is 19.1 Å². The molecular formula is C20H19N3OS. The number of carbonyl (C=O) groups is 1. The third-order valence-corrected chi connectivity index (χ3v) is 5.93. The first kappa shape index (κ1) is 16.0. The van der Waals surface area contributed by atoms with Crippen LogP contribution in [0, 0.1) is 5.41 Å². The Balaban J connectivity index is 1.70. The molecule has 0 unspecified atom stereocenters. The van der Waals surface area contributed by atoms with Crippen molar-refractivity contribution in [1.29, 1.82) is 5.41 Å². The number of benzene rings is 2. The van der Waals surface area contributed by atoms with Crippen molar-refractivity contribution in [3.05, 3.63) is 64.7 Å². The van der Waals surface area contributed by atoms with Crippen molar-refractivity contribution in [2.45, 2.75) is 18.2 Å². The van der Waals surface area contributed by atoms with Crippen molar-refractivity contribution >= 4 is 34.8 Å². The van der Waals surface area contributed by atoms with Crippen LogP contribution in [-0.4, -0.2) is 25.2 Å². The third kappa shape index (κ3) is 2.55. The van der Waals surface area contributed by atoms with Crippen LogP contribution in [0.5, 0.6) is 0 Å². The molecule has 0 aromatic heterocycles. The molecular weight excluding hydrogens is 330 g/mol. The number of nitrogens with zero attached hydrogens (tertiary/aromatic N) is 2. The zero-order valence-corrected chi connectivity index (χ0v) is 15.1. The van der Waals surface area contributed by atoms with Gasteiger partial charge in [-0.25, -0.2) is 0 Å². The van der Waals surface area contributed by atoms with Crippen LogP contribution >= 0.6 is 11.8 Å². The number of para-hydroxylation sites is 1. The maximum absolute atomic E-state index is 12.7. The van der Waals surface area contributed by atoms with E-state index < -0.39 is 0 Å². The molecule has 1 N–H and O–H groups in total. The van der Waals surface area contributed by atoms with Crippen molar-refractivity contribution in [1.82, 2.24) is 0 Å². The van der Waals surface area contributed by atoms with Gasteiger partial charge in [0.25, 0.3) is 0 Å². The molecule has 2 aliphatic heterocycles. The minimum atomic E-state index is 0.00623. The van der Waals surface area contributed by atoms with Gasteiger partial charge in [0.2, 0.25) is 0 Å². The number of carbonyl (C=O) groups excluding carboxylic acids is 1. The van der Waals surface area contributed by atoms with Crippen LogP contribution in [0.2, 0.25) is 0 Å². The van der Waals surface area contributed by atoms with Crippen LogP contribution in [0.15, 0.2) is 64.0 Å². The minimum Gasteiger partial charge on any atom is -0.337 e. The molecule has 0 saturated carbocycles. The molecule has 1 saturated heterocycles. The number of hydrogen-bond acceptors (Lipinski definition) is 4. The van der Waals surface area contributed by atoms with E-state index in [4.69, 9.17) is 5.41 Å². The van der Waals surface area contributed by atoms with Gasteiger partial charge in [0.1, 0.15) is 5.84 Å². The SMILES string of the molecule is CCc1ccc(N2CC(=O)/C(=C3/Sc4ccccc4N3C)C2=N)cc1. The molecule has 2 aliphatic rings. The highest BCUT2D eigenvalue weighted by atomic mass is 32.2. The first-order valence-electron chi connectivity index (χ1n) is 8.33. The smallest absolute Gasteiger partial charge is 0.188 e. The highest BCUT2D eigenvalue weighted by Crippen LogP contribution is 2.47. The quantitative estimate of drug-likeness (QED) is 0.830. The van der Waals surface area contributed by atoms with Crippen LogP contribution in [0.1, 0.15) is 12.5 Å². The van der Waals surface area contributed by atoms with Crippen LogP contribution in [-0.2, 0) is 11.2 Å². The summed E-state index contributed by atoms with van der Waals surface area (Å²) in [7, 11) is 1.96. The summed E-state index contributed by atoms with van der Waals surface area (Å²) in [6.45, 7) is 2.34. The standard InChI is InChI=1S/C20H19N3OS/c1-3-13-8-10-14(11-9-13)23-12-16(24)18(19(23)21)20-22(2)15-6-4-5-7-17(15)25-20/h4-11,21H,3,12H2,1-2H3/b20-18-,21-19?. The molecule has 0 amide bonds. The molecule has 0 atom stereocenters. The lowest BCUT2D eigenvalue weighted by atomic mass is 10.1. The van der Waals surface area contributed by atoms with Gasteiger partial charge in [-0.2, -0.15) is 0 Å². The number of fused-ring (bicyclic) bond motifs is 1. The predicted molar refractivity (Wildman–Crippen MR) is 104 cm³/mol. The Morgan fingerprint density at radius 3 is 2.52 bits per heavy atom. The molecule has 4 rings (SSSR count). The molecule has 1 fully saturated rings. The zero-order valence-electron chi connectivity index (χ0n) is 14.2. The van der Waals surface area contributed by atoms with E-state index in [1.165, 1.54) is 5.56 Å². The van der Waals surface area contributed by atoms with E-state index >= 15 is 0 Å². The topological polar surface area (TPSA) is 47.4 Å². The number of hydrogen-bond donors (Lipinski definition) is 1. The van der Waals surface area contributed by atoms with Gasteiger partial charge in [-0.15, -0.1) is 0 Å². The molecule has 0 radical (unpaired) electrons. The Labute approximate surface area is 151 Å². The van der Waals surface area contributed by atoms with E-state index in [-0.39, 0.29) is 18.2 Å². The van der Waals surface area contributed by atoms with E-state index in [1.54, 1.807) is 16.7 Å². The highest BCUT2D eigenvalue weighted by Gasteiger charge is 2.37. The molecule has 126 valence electrons. The zero-order chi connectivity index (χ0) is 17.6. The lowest BCUT2D eigenvalue weighted by Crippen LogP contribution is -2.25. The average Bonchev–Trinajstić information content (AvgIpc) is 3.12. The summed E-state index contributed by atoms with van der Waals surface area (Å²) in [5.74, 6) is 0.295. The minimum absolute atomic E-state index is 0.00623. The van der Waals surface area contributed by atoms with Crippen molar-refractivity contribution < 1.29 is 4.79 Å². The summed E-state index contributed by atoms with van der Waals surface area (Å²) in [6, 6.07) is 16.2. The highest BCUT2D eigenvalue weighted by molar-refractivity contribution is 8.03. The average molecular weight is 349 g/mol. The molecule has 25 heavy (non-hydrogen) atoms. The predicted octanol–water partition coefficient (Wildman–Crippen LogP) is 4.07. The number of thioether (sulfide) groups is 1. The monoisotopic (exact) mass is 349 g/mol. The Morgan fingerprint density at radius 2 is 1.84 bits per heavy atom. The van der Waals surface area contributed by atoms with Crippen molar-refractivity contribution in [2.24, 2.45) is 0 Å². The van der Waals surface area contributed by atoms with E-state index in [0.717, 1.165) is 27.7 Å². The number of anilines is 2. The summed E-state index contributed by atoms with van der Waals surface area (Å²) in [5, 5.41) is 9.45. The molecule has 2 heterocycles. The van der Waals surface area contributed by atoms with Gasteiger partial charge >= 0.3 is 0 Å². The third-order valence-electron chi connectivity index (χ3n) is 4.70. The number of amidine groups is 1. The van der Waals surface area contributed by atoms with Gasteiger partial charge in [0.15, 0.2) is 5.78 Å². The molecule has 0 aliphatic carbocycles. The van der Waals surface area contributed by atoms with Crippen molar-refractivity contribution in [2.75, 3.05) is 23.4 Å². The number of nitrogens with one attached hydrogen (secondary N) is 1. The van der Waals surface area contributed by atoms with Gasteiger partial charge in [0, 0.05) is 17.6 Å². The van der Waals surface area contributed by atoms with Gasteiger partial charge < -0.3 is 9.80 Å². The summed E-state index contributed by atoms with van der Waals surface area (Å²) in [4.78, 5) is 17.6. The summed E-state index contributed by atoms with van der Waals surface area (Å²) < 4.78 is 0. The number of aryl methyl sites for hydroxylation is 1. The van der Waals surface area contributed by atoms with Crippen LogP contribution in [0.4, 0.5) is 11.4 Å². The first-order valence-corrected chi connectivity index (χ1v) is 9.15. The Bertz CT molecular complexity index is 901. The molecule has 0 bridgehead atoms. The Kier molecular flexibility index (Phi) is 3.88. The molecule has 4 nitrogen and oxygen atoms in total. The molecule has 2 aromatic rings. The summed E-state index contributed by atoms with van der Waals surface area (Å²) in [5.41, 5.74) is 3.75. The van der Waals surface area contributed by atoms with Crippen molar-refractivity contribution in [3.8, 4) is 0 Å². The lowest BCUT2D eigenvalue weighted by Gasteiger charge is -2.19. The number of rotatable bonds is 2. The number of Topliss-reactive ketones (excluding diaryl/α,β-unsaturated/α-hetero) is 1. The summed E-state index contributed by atoms with van der Waals surface area (Å²) >= 11 is 1.57. The fourth-order valence-corrected chi connectivity index (χ4v) is 4.45. The second-order valence-corrected chi connectivity index (χ2v) is 7.22. The fraction of sp³-hybridized carbons (Fsp3) is 0.200. The molecule has 2 aromatic carbocycles. The number of ketones is 1. The summed E-state index contributed by atoms with van der Waals surface area (Å²) in [6.07, 6.45) is 0.978. The molecule has 5 heteroatoms. The lowest BCUT2D eigenvalue weighted by molar-refractivity contribution is -0.113. The van der Waals surface area contributed by atoms with Crippen molar-refractivity contribution in [3.63, 3.8) is 0 Å². The van der Waals surface area contributed by atoms with E-state index in [1.807, 2.05) is 48.3 Å². The van der Waals surface area contributed by atoms with Crippen LogP contribution in [0.25, 0.3) is 0 Å². The van der Waals surface area contributed by atoms with Gasteiger partial charge in [-0.05, 0) is 36.2 Å². The van der Waals surface area contributed by atoms with Crippen LogP contribution < -0.4 is 9.80 Å². The largest absolute Gasteiger partial charge is 0.337 e.